The van der Waals surface area contributed by atoms with Crippen molar-refractivity contribution in [1.82, 2.24) is 0 Å². The van der Waals surface area contributed by atoms with Crippen molar-refractivity contribution in [1.29, 1.82) is 0 Å². The highest BCUT2D eigenvalue weighted by Crippen LogP contribution is 2.33. The molecule has 0 aromatic rings. The molecular weight excluding hydrogens is 200 g/mol. The Morgan fingerprint density at radius 1 is 1.50 bits per heavy atom. The van der Waals surface area contributed by atoms with Gasteiger partial charge in [-0.2, -0.15) is 0 Å². The van der Waals surface area contributed by atoms with Gasteiger partial charge in [0.1, 0.15) is 0 Å². The first kappa shape index (κ1) is 13.5. The van der Waals surface area contributed by atoms with Crippen molar-refractivity contribution in [2.75, 3.05) is 0 Å². The Bertz CT molecular complexity index is 201. The van der Waals surface area contributed by atoms with E-state index in [1.807, 2.05) is 6.92 Å². The van der Waals surface area contributed by atoms with E-state index in [2.05, 4.69) is 6.92 Å². The van der Waals surface area contributed by atoms with Crippen molar-refractivity contribution in [3.63, 3.8) is 0 Å². The summed E-state index contributed by atoms with van der Waals surface area (Å²) in [5.74, 6) is -0.705. The molecule has 0 saturated heterocycles. The van der Waals surface area contributed by atoms with Crippen LogP contribution in [0.4, 0.5) is 0 Å². The first-order valence-corrected chi connectivity index (χ1v) is 5.55. The molecule has 0 aliphatic carbocycles. The summed E-state index contributed by atoms with van der Waals surface area (Å²) in [7, 11) is 0. The summed E-state index contributed by atoms with van der Waals surface area (Å²) in [4.78, 5) is 11.2. The van der Waals surface area contributed by atoms with Crippen molar-refractivity contribution in [2.24, 2.45) is 5.41 Å². The number of carboxylic acid groups (broad SMARTS) is 1. The number of hydrogen-bond acceptors (Lipinski definition) is 1. The molecule has 0 fully saturated rings. The van der Waals surface area contributed by atoms with Crippen LogP contribution in [0.15, 0.2) is 11.6 Å². The summed E-state index contributed by atoms with van der Waals surface area (Å²) in [6.07, 6.45) is 5.63. The van der Waals surface area contributed by atoms with Crippen LogP contribution in [0.1, 0.15) is 46.0 Å². The molecule has 0 aromatic carbocycles. The lowest BCUT2D eigenvalue weighted by Crippen LogP contribution is -2.29. The second-order valence-electron chi connectivity index (χ2n) is 3.61. The van der Waals surface area contributed by atoms with E-state index in [1.165, 1.54) is 5.54 Å². The van der Waals surface area contributed by atoms with E-state index in [0.29, 0.717) is 12.8 Å². The van der Waals surface area contributed by atoms with Gasteiger partial charge in [-0.25, -0.2) is 0 Å². The Labute approximate surface area is 91.0 Å². The second kappa shape index (κ2) is 6.88. The van der Waals surface area contributed by atoms with E-state index >= 15 is 0 Å². The first-order valence-electron chi connectivity index (χ1n) is 5.11. The van der Waals surface area contributed by atoms with Gasteiger partial charge in [0.2, 0.25) is 0 Å². The molecule has 14 heavy (non-hydrogen) atoms. The highest BCUT2D eigenvalue weighted by atomic mass is 35.5. The maximum Gasteiger partial charge on any atom is 0.309 e. The van der Waals surface area contributed by atoms with Crippen LogP contribution in [-0.4, -0.2) is 11.1 Å². The van der Waals surface area contributed by atoms with Crippen LogP contribution in [0.5, 0.6) is 0 Å². The number of carbonyl (C=O) groups is 1. The number of halogens is 1. The van der Waals surface area contributed by atoms with Crippen LogP contribution in [0, 0.1) is 5.41 Å². The number of aliphatic carboxylic acids is 1. The van der Waals surface area contributed by atoms with Gasteiger partial charge >= 0.3 is 5.97 Å². The number of allylic oxidation sites excluding steroid dienone is 1. The van der Waals surface area contributed by atoms with Crippen molar-refractivity contribution in [2.45, 2.75) is 46.0 Å². The SMILES string of the molecule is CCCCC(CC)(C/C=C/Cl)C(=O)O. The Hall–Kier alpha value is -0.500. The molecule has 1 unspecified atom stereocenters. The molecule has 0 saturated carbocycles. The molecule has 0 amide bonds. The lowest BCUT2D eigenvalue weighted by Gasteiger charge is -2.26. The number of hydrogen-bond donors (Lipinski definition) is 1. The normalized spacial score (nSPS) is 15.6. The standard InChI is InChI=1S/C11H19ClO2/c1-3-5-7-11(4-2,10(13)14)8-6-9-12/h6,9H,3-5,7-8H2,1-2H3,(H,13,14)/b9-6+. The Morgan fingerprint density at radius 2 is 2.14 bits per heavy atom. The zero-order valence-electron chi connectivity index (χ0n) is 8.92. The quantitative estimate of drug-likeness (QED) is 0.706. The van der Waals surface area contributed by atoms with Crippen LogP contribution >= 0.6 is 11.6 Å². The highest BCUT2D eigenvalue weighted by molar-refractivity contribution is 6.25. The van der Waals surface area contributed by atoms with E-state index < -0.39 is 11.4 Å². The molecule has 0 heterocycles. The van der Waals surface area contributed by atoms with Gasteiger partial charge in [-0.1, -0.05) is 44.4 Å². The third kappa shape index (κ3) is 3.70. The van der Waals surface area contributed by atoms with Crippen molar-refractivity contribution in [3.05, 3.63) is 11.6 Å². The molecular formula is C11H19ClO2. The van der Waals surface area contributed by atoms with Gasteiger partial charge in [-0.3, -0.25) is 4.79 Å². The minimum atomic E-state index is -0.705. The van der Waals surface area contributed by atoms with Crippen LogP contribution in [0.25, 0.3) is 0 Å². The summed E-state index contributed by atoms with van der Waals surface area (Å²) in [6, 6.07) is 0. The second-order valence-corrected chi connectivity index (χ2v) is 3.86. The fourth-order valence-electron chi connectivity index (χ4n) is 1.55. The van der Waals surface area contributed by atoms with E-state index in [9.17, 15) is 9.90 Å². The fraction of sp³-hybridized carbons (Fsp3) is 0.727. The zero-order valence-corrected chi connectivity index (χ0v) is 9.68. The minimum absolute atomic E-state index is 0.530. The maximum absolute atomic E-state index is 11.2. The van der Waals surface area contributed by atoms with Gasteiger partial charge in [0.05, 0.1) is 5.41 Å². The molecule has 2 nitrogen and oxygen atoms in total. The molecule has 0 bridgehead atoms. The minimum Gasteiger partial charge on any atom is -0.481 e. The third-order valence-electron chi connectivity index (χ3n) is 2.74. The topological polar surface area (TPSA) is 37.3 Å². The monoisotopic (exact) mass is 218 g/mol. The van der Waals surface area contributed by atoms with Gasteiger partial charge in [-0.15, -0.1) is 0 Å². The Morgan fingerprint density at radius 3 is 2.50 bits per heavy atom. The van der Waals surface area contributed by atoms with E-state index in [-0.39, 0.29) is 0 Å². The molecule has 0 rings (SSSR count). The lowest BCUT2D eigenvalue weighted by molar-refractivity contribution is -0.149. The van der Waals surface area contributed by atoms with Crippen LogP contribution in [0.3, 0.4) is 0 Å². The number of unbranched alkanes of at least 4 members (excludes halogenated alkanes) is 1. The molecule has 1 N–H and O–H groups in total. The van der Waals surface area contributed by atoms with Crippen LogP contribution in [-0.2, 0) is 4.79 Å². The zero-order chi connectivity index (χ0) is 11.0. The van der Waals surface area contributed by atoms with Crippen molar-refractivity contribution >= 4 is 17.6 Å². The summed E-state index contributed by atoms with van der Waals surface area (Å²) < 4.78 is 0. The number of rotatable bonds is 7. The highest BCUT2D eigenvalue weighted by Gasteiger charge is 2.34. The van der Waals surface area contributed by atoms with E-state index in [0.717, 1.165) is 19.3 Å². The van der Waals surface area contributed by atoms with E-state index in [4.69, 9.17) is 11.6 Å². The molecule has 0 aliphatic rings. The third-order valence-corrected chi connectivity index (χ3v) is 2.92. The predicted octanol–water partition coefficient (Wildman–Crippen LogP) is 3.80. The van der Waals surface area contributed by atoms with Crippen molar-refractivity contribution < 1.29 is 9.90 Å². The van der Waals surface area contributed by atoms with E-state index in [1.54, 1.807) is 6.08 Å². The fourth-order valence-corrected chi connectivity index (χ4v) is 1.64. The first-order chi connectivity index (χ1) is 6.63. The molecule has 3 heteroatoms. The number of carboxylic acids is 1. The average molecular weight is 219 g/mol. The average Bonchev–Trinajstić information content (AvgIpc) is 2.18. The Balaban J connectivity index is 4.51. The van der Waals surface area contributed by atoms with Gasteiger partial charge < -0.3 is 5.11 Å². The smallest absolute Gasteiger partial charge is 0.309 e. The van der Waals surface area contributed by atoms with Gasteiger partial charge in [-0.05, 0) is 19.3 Å². The summed E-state index contributed by atoms with van der Waals surface area (Å²) >= 11 is 5.43. The predicted molar refractivity (Wildman–Crippen MR) is 59.5 cm³/mol. The molecule has 1 atom stereocenters. The summed E-state index contributed by atoms with van der Waals surface area (Å²) in [6.45, 7) is 3.99. The van der Waals surface area contributed by atoms with Gasteiger partial charge in [0, 0.05) is 5.54 Å². The van der Waals surface area contributed by atoms with Gasteiger partial charge in [0.15, 0.2) is 0 Å². The Kier molecular flexibility index (Phi) is 6.64. The lowest BCUT2D eigenvalue weighted by atomic mass is 9.77. The molecule has 0 aliphatic heterocycles. The summed E-state index contributed by atoms with van der Waals surface area (Å²) in [5, 5.41) is 9.20. The molecule has 82 valence electrons. The van der Waals surface area contributed by atoms with Gasteiger partial charge in [0.25, 0.3) is 0 Å². The van der Waals surface area contributed by atoms with Crippen LogP contribution in [0.2, 0.25) is 0 Å². The largest absolute Gasteiger partial charge is 0.481 e. The molecule has 0 radical (unpaired) electrons. The maximum atomic E-state index is 11.2. The van der Waals surface area contributed by atoms with Crippen molar-refractivity contribution in [3.8, 4) is 0 Å². The van der Waals surface area contributed by atoms with Crippen LogP contribution < -0.4 is 0 Å². The summed E-state index contributed by atoms with van der Waals surface area (Å²) in [5.41, 5.74) is 0.792. The molecule has 0 aromatic heterocycles. The molecule has 0 spiro atoms.